The lowest BCUT2D eigenvalue weighted by atomic mass is 10.2. The Labute approximate surface area is 146 Å². The van der Waals surface area contributed by atoms with Crippen LogP contribution in [-0.4, -0.2) is 21.9 Å². The molecule has 1 N–H and O–H groups in total. The van der Waals surface area contributed by atoms with Crippen LogP contribution >= 0.6 is 0 Å². The summed E-state index contributed by atoms with van der Waals surface area (Å²) in [6.45, 7) is 3.15. The first-order valence-corrected chi connectivity index (χ1v) is 8.75. The number of unbranched alkanes of at least 4 members (excludes halogenated alkanes) is 2. The molecule has 0 aliphatic carbocycles. The van der Waals surface area contributed by atoms with E-state index in [4.69, 9.17) is 0 Å². The van der Waals surface area contributed by atoms with E-state index in [2.05, 4.69) is 12.2 Å². The van der Waals surface area contributed by atoms with E-state index in [1.54, 1.807) is 10.7 Å². The Morgan fingerprint density at radius 1 is 1.00 bits per heavy atom. The van der Waals surface area contributed by atoms with Crippen molar-refractivity contribution in [2.24, 2.45) is 0 Å². The maximum Gasteiger partial charge on any atom is 0.343 e. The van der Waals surface area contributed by atoms with Crippen molar-refractivity contribution >= 4 is 16.9 Å². The highest BCUT2D eigenvalue weighted by Gasteiger charge is 2.18. The average Bonchev–Trinajstić information content (AvgIpc) is 2.92. The Bertz CT molecular complexity index is 910. The Morgan fingerprint density at radius 3 is 2.48 bits per heavy atom. The third kappa shape index (κ3) is 3.65. The Hall–Kier alpha value is -2.82. The molecular weight excluding hydrogens is 314 g/mol. The summed E-state index contributed by atoms with van der Waals surface area (Å²) in [5, 5.41) is 3.42. The molecule has 5 heteroatoms. The summed E-state index contributed by atoms with van der Waals surface area (Å²) in [6, 6.07) is 16.8. The molecule has 0 atom stereocenters. The molecule has 1 aromatic heterocycles. The number of hydrogen-bond donors (Lipinski definition) is 1. The molecule has 0 unspecified atom stereocenters. The molecule has 0 saturated carbocycles. The van der Waals surface area contributed by atoms with E-state index in [1.807, 2.05) is 48.5 Å². The van der Waals surface area contributed by atoms with E-state index in [9.17, 15) is 9.59 Å². The fourth-order valence-electron chi connectivity index (χ4n) is 2.97. The van der Waals surface area contributed by atoms with Crippen LogP contribution in [0.3, 0.4) is 0 Å². The van der Waals surface area contributed by atoms with Crippen molar-refractivity contribution in [2.75, 3.05) is 6.54 Å². The number of carbonyl (C=O) groups is 1. The van der Waals surface area contributed by atoms with Crippen LogP contribution in [0.4, 0.5) is 4.79 Å². The number of nitrogens with one attached hydrogen (secondary N) is 1. The van der Waals surface area contributed by atoms with Crippen LogP contribution < -0.4 is 10.9 Å². The van der Waals surface area contributed by atoms with E-state index < -0.39 is 0 Å². The zero-order chi connectivity index (χ0) is 17.6. The summed E-state index contributed by atoms with van der Waals surface area (Å²) >= 11 is 0. The number of rotatable bonds is 6. The first kappa shape index (κ1) is 17.0. The van der Waals surface area contributed by atoms with Crippen LogP contribution in [0.1, 0.15) is 31.7 Å². The lowest BCUT2D eigenvalue weighted by Crippen LogP contribution is -2.39. The van der Waals surface area contributed by atoms with Gasteiger partial charge >= 0.3 is 6.03 Å². The number of carbonyl (C=O) groups excluding carboxylic acids is 1. The van der Waals surface area contributed by atoms with Gasteiger partial charge in [-0.25, -0.2) is 4.79 Å². The van der Waals surface area contributed by atoms with Gasteiger partial charge in [0, 0.05) is 6.54 Å². The number of aromatic nitrogens is 2. The third-order valence-electron chi connectivity index (χ3n) is 4.27. The lowest BCUT2D eigenvalue weighted by Gasteiger charge is -2.12. The average molecular weight is 337 g/mol. The number of fused-ring (bicyclic) bond motifs is 1. The zero-order valence-electron chi connectivity index (χ0n) is 14.4. The minimum absolute atomic E-state index is 0.278. The molecule has 3 aromatic rings. The SMILES string of the molecule is CCCCCNC(=O)n1c(=O)c2ccccc2n1Cc1ccccc1. The van der Waals surface area contributed by atoms with E-state index in [1.165, 1.54) is 4.68 Å². The molecule has 0 aliphatic rings. The van der Waals surface area contributed by atoms with Crippen LogP contribution in [0.5, 0.6) is 0 Å². The summed E-state index contributed by atoms with van der Waals surface area (Å²) < 4.78 is 2.98. The number of nitrogens with zero attached hydrogens (tertiary/aromatic N) is 2. The summed E-state index contributed by atoms with van der Waals surface area (Å²) in [5.74, 6) is 0. The topological polar surface area (TPSA) is 56.0 Å². The van der Waals surface area contributed by atoms with Crippen LogP contribution in [0, 0.1) is 0 Å². The summed E-state index contributed by atoms with van der Waals surface area (Å²) in [5.41, 5.74) is 1.52. The van der Waals surface area contributed by atoms with Gasteiger partial charge in [-0.15, -0.1) is 0 Å². The maximum absolute atomic E-state index is 12.8. The Kier molecular flexibility index (Phi) is 5.33. The highest BCUT2D eigenvalue weighted by atomic mass is 16.2. The molecule has 0 saturated heterocycles. The van der Waals surface area contributed by atoms with Gasteiger partial charge < -0.3 is 5.32 Å². The molecule has 0 radical (unpaired) electrons. The molecule has 0 bridgehead atoms. The van der Waals surface area contributed by atoms with Gasteiger partial charge in [0.2, 0.25) is 0 Å². The summed E-state index contributed by atoms with van der Waals surface area (Å²) in [4.78, 5) is 25.4. The van der Waals surface area contributed by atoms with Gasteiger partial charge in [0.25, 0.3) is 5.56 Å². The highest BCUT2D eigenvalue weighted by Crippen LogP contribution is 2.13. The normalized spacial score (nSPS) is 10.9. The van der Waals surface area contributed by atoms with E-state index in [0.717, 1.165) is 30.3 Å². The molecule has 3 rings (SSSR count). The summed E-state index contributed by atoms with van der Waals surface area (Å²) in [6.07, 6.45) is 3.06. The Balaban J connectivity index is 1.98. The van der Waals surface area contributed by atoms with Crippen LogP contribution in [0.2, 0.25) is 0 Å². The van der Waals surface area contributed by atoms with Crippen molar-refractivity contribution in [3.63, 3.8) is 0 Å². The van der Waals surface area contributed by atoms with Gasteiger partial charge in [-0.3, -0.25) is 9.48 Å². The van der Waals surface area contributed by atoms with Gasteiger partial charge in [0.05, 0.1) is 17.4 Å². The molecule has 0 spiro atoms. The predicted octanol–water partition coefficient (Wildman–Crippen LogP) is 3.60. The standard InChI is InChI=1S/C20H23N3O2/c1-2-3-9-14-21-20(25)23-19(24)17-12-7-8-13-18(17)22(23)15-16-10-5-4-6-11-16/h4-8,10-13H,2-3,9,14-15H2,1H3,(H,21,25). The molecule has 5 nitrogen and oxygen atoms in total. The maximum atomic E-state index is 12.8. The number of benzene rings is 2. The van der Waals surface area contributed by atoms with Gasteiger partial charge in [0.15, 0.2) is 0 Å². The highest BCUT2D eigenvalue weighted by molar-refractivity contribution is 5.85. The van der Waals surface area contributed by atoms with Crippen molar-refractivity contribution in [1.29, 1.82) is 0 Å². The molecule has 1 heterocycles. The summed E-state index contributed by atoms with van der Waals surface area (Å²) in [7, 11) is 0. The second kappa shape index (κ2) is 7.83. The minimum Gasteiger partial charge on any atom is -0.336 e. The fraction of sp³-hybridized carbons (Fsp3) is 0.300. The molecule has 2 aromatic carbocycles. The minimum atomic E-state index is -0.367. The molecule has 1 amide bonds. The number of para-hydroxylation sites is 1. The van der Waals surface area contributed by atoms with Crippen molar-refractivity contribution in [3.05, 3.63) is 70.5 Å². The van der Waals surface area contributed by atoms with Crippen molar-refractivity contribution in [2.45, 2.75) is 32.7 Å². The first-order valence-electron chi connectivity index (χ1n) is 8.75. The molecule has 0 aliphatic heterocycles. The second-order valence-electron chi connectivity index (χ2n) is 6.12. The Morgan fingerprint density at radius 2 is 1.72 bits per heavy atom. The smallest absolute Gasteiger partial charge is 0.336 e. The van der Waals surface area contributed by atoms with Gasteiger partial charge in [-0.1, -0.05) is 62.2 Å². The largest absolute Gasteiger partial charge is 0.343 e. The van der Waals surface area contributed by atoms with E-state index in [0.29, 0.717) is 18.5 Å². The van der Waals surface area contributed by atoms with E-state index >= 15 is 0 Å². The third-order valence-corrected chi connectivity index (χ3v) is 4.27. The van der Waals surface area contributed by atoms with Gasteiger partial charge in [0.1, 0.15) is 0 Å². The number of hydrogen-bond acceptors (Lipinski definition) is 2. The van der Waals surface area contributed by atoms with E-state index in [-0.39, 0.29) is 11.6 Å². The molecule has 25 heavy (non-hydrogen) atoms. The van der Waals surface area contributed by atoms with Crippen LogP contribution in [0.15, 0.2) is 59.4 Å². The molecule has 130 valence electrons. The monoisotopic (exact) mass is 337 g/mol. The molecule has 0 fully saturated rings. The fourth-order valence-corrected chi connectivity index (χ4v) is 2.97. The zero-order valence-corrected chi connectivity index (χ0v) is 14.4. The van der Waals surface area contributed by atoms with Crippen molar-refractivity contribution in [1.82, 2.24) is 14.7 Å². The van der Waals surface area contributed by atoms with Crippen LogP contribution in [-0.2, 0) is 6.54 Å². The molecular formula is C20H23N3O2. The lowest BCUT2D eigenvalue weighted by molar-refractivity contribution is 0.235. The second-order valence-corrected chi connectivity index (χ2v) is 6.12. The van der Waals surface area contributed by atoms with Crippen LogP contribution in [0.25, 0.3) is 10.9 Å². The van der Waals surface area contributed by atoms with Crippen molar-refractivity contribution in [3.8, 4) is 0 Å². The van der Waals surface area contributed by atoms with Gasteiger partial charge in [-0.05, 0) is 24.1 Å². The van der Waals surface area contributed by atoms with Gasteiger partial charge in [-0.2, -0.15) is 4.68 Å². The predicted molar refractivity (Wildman–Crippen MR) is 100 cm³/mol. The quantitative estimate of drug-likeness (QED) is 0.699. The first-order chi connectivity index (χ1) is 12.2. The van der Waals surface area contributed by atoms with Crippen molar-refractivity contribution < 1.29 is 4.79 Å². The number of amides is 1.